The summed E-state index contributed by atoms with van der Waals surface area (Å²) in [6, 6.07) is 2.93. The van der Waals surface area contributed by atoms with Crippen LogP contribution in [-0.4, -0.2) is 85.0 Å². The highest BCUT2D eigenvalue weighted by Gasteiger charge is 2.10. The van der Waals surface area contributed by atoms with Gasteiger partial charge in [0.15, 0.2) is 22.6 Å². The average Bonchev–Trinajstić information content (AvgIpc) is 3.92. The molecule has 0 aromatic carbocycles. The molecule has 0 aliphatic carbocycles. The van der Waals surface area contributed by atoms with Crippen molar-refractivity contribution in [3.8, 4) is 0 Å². The topological polar surface area (TPSA) is 371 Å². The molecule has 26 heteroatoms. The van der Waals surface area contributed by atoms with Crippen LogP contribution in [0.25, 0.3) is 22.3 Å². The fraction of sp³-hybridized carbons (Fsp3) is 0.341. The van der Waals surface area contributed by atoms with Crippen molar-refractivity contribution in [1.29, 1.82) is 0 Å². The van der Waals surface area contributed by atoms with E-state index >= 15 is 0 Å². The first kappa shape index (κ1) is 52.6. The van der Waals surface area contributed by atoms with E-state index in [-0.39, 0.29) is 45.5 Å². The minimum absolute atomic E-state index is 0.118. The molecule has 11 N–H and O–H groups in total. The molecule has 0 spiro atoms. The van der Waals surface area contributed by atoms with Gasteiger partial charge in [0.05, 0.1) is 12.7 Å². The number of rotatable bonds is 6. The molecule has 7 aromatic heterocycles. The van der Waals surface area contributed by atoms with Crippen LogP contribution < -0.4 is 56.7 Å². The summed E-state index contributed by atoms with van der Waals surface area (Å²) >= 11 is 0. The van der Waals surface area contributed by atoms with Crippen molar-refractivity contribution in [2.75, 3.05) is 23.7 Å². The quantitative estimate of drug-likeness (QED) is 0.119. The van der Waals surface area contributed by atoms with Crippen molar-refractivity contribution < 1.29 is 0 Å². The van der Waals surface area contributed by atoms with Crippen LogP contribution in [0.1, 0.15) is 54.0 Å². The molecule has 0 unspecified atom stereocenters. The van der Waals surface area contributed by atoms with Crippen LogP contribution in [0, 0.1) is 6.92 Å². The smallest absolute Gasteiger partial charge is 0.349 e. The maximum absolute atomic E-state index is 11.3. The highest BCUT2D eigenvalue weighted by atomic mass is 16.2. The van der Waals surface area contributed by atoms with Crippen molar-refractivity contribution >= 4 is 45.7 Å². The minimum atomic E-state index is -0.352. The van der Waals surface area contributed by atoms with Gasteiger partial charge in [-0.1, -0.05) is 6.58 Å². The number of amidine groups is 1. The van der Waals surface area contributed by atoms with Crippen LogP contribution in [0.2, 0.25) is 0 Å². The maximum atomic E-state index is 11.3. The predicted molar refractivity (Wildman–Crippen MR) is 258 cm³/mol. The molecule has 0 saturated heterocycles. The lowest BCUT2D eigenvalue weighted by atomic mass is 10.2. The number of hydrogen-bond acceptors (Lipinski definition) is 18. The lowest BCUT2D eigenvalue weighted by Gasteiger charge is -2.23. The second kappa shape index (κ2) is 25.0. The summed E-state index contributed by atoms with van der Waals surface area (Å²) in [4.78, 5) is 101. The van der Waals surface area contributed by atoms with Gasteiger partial charge in [-0.15, -0.1) is 0 Å². The van der Waals surface area contributed by atoms with Crippen molar-refractivity contribution in [3.05, 3.63) is 142 Å². The number of aromatic amines is 3. The van der Waals surface area contributed by atoms with Crippen LogP contribution >= 0.6 is 0 Å². The first-order valence-electron chi connectivity index (χ1n) is 20.9. The first-order valence-corrected chi connectivity index (χ1v) is 20.9. The van der Waals surface area contributed by atoms with E-state index in [0.717, 1.165) is 30.1 Å². The van der Waals surface area contributed by atoms with Gasteiger partial charge >= 0.3 is 17.1 Å². The van der Waals surface area contributed by atoms with Gasteiger partial charge in [-0.25, -0.2) is 39.3 Å². The Hall–Kier alpha value is -8.71. The number of aryl methyl sites for hydroxylation is 6. The van der Waals surface area contributed by atoms with Crippen molar-refractivity contribution in [2.45, 2.75) is 88.1 Å². The minimum Gasteiger partial charge on any atom is -0.383 e. The molecular weight excluding hydrogens is 869 g/mol. The number of imidazole rings is 2. The van der Waals surface area contributed by atoms with E-state index in [1.165, 1.54) is 32.3 Å². The zero-order chi connectivity index (χ0) is 50.0. The van der Waals surface area contributed by atoms with E-state index in [0.29, 0.717) is 60.1 Å². The van der Waals surface area contributed by atoms with Crippen molar-refractivity contribution in [1.82, 2.24) is 72.6 Å². The number of nitrogens with one attached hydrogen (secondary N) is 3. The number of H-pyrrole nitrogens is 3. The summed E-state index contributed by atoms with van der Waals surface area (Å²) in [5.74, 6) is 2.12. The molecule has 0 amide bonds. The molecule has 8 heterocycles. The summed E-state index contributed by atoms with van der Waals surface area (Å²) < 4.78 is 8.04. The highest BCUT2D eigenvalue weighted by molar-refractivity contribution is 5.97. The Morgan fingerprint density at radius 3 is 1.78 bits per heavy atom. The van der Waals surface area contributed by atoms with E-state index in [1.807, 2.05) is 64.1 Å². The third-order valence-electron chi connectivity index (χ3n) is 9.28. The Bertz CT molecular complexity index is 3200. The molecule has 0 saturated carbocycles. The van der Waals surface area contributed by atoms with Gasteiger partial charge < -0.3 is 46.1 Å². The molecule has 0 fully saturated rings. The third-order valence-corrected chi connectivity index (χ3v) is 9.28. The standard InChI is InChI=1S/C8H13N3.C7H9N5O.C7H9N5.C7H10N2O2.C6H9N3O.C6H8N2O2/c1-4-11-5-6(2)8(9)10-7(11)3;1-2-12-3-9-4-5(12)10-7(8)11-6(4)13;1-2-12-4-11-5-6(8)9-3-10-7(5)12;1-3-9-4-5(2)6(10)8-7(9)11;1-2-9-4-3-5(7)8-6(9)10;1-2-8-4-3-5(9)7-6(8)10/h5H,3-4H2,1-2H3,(H2,9,10);3H,2H2,1H3,(H3,8,10,11,13);3-4H,2H2,1H3,(H2,8,9,10);4H,3H2,1-2H3,(H,8,10,11);3-4H,2H2,1H3,(H2,7,8,10);3-4H,2H2,1H3,(H,7,9,10). The second-order valence-corrected chi connectivity index (χ2v) is 13.8. The van der Waals surface area contributed by atoms with Gasteiger partial charge in [0.2, 0.25) is 5.95 Å². The zero-order valence-corrected chi connectivity index (χ0v) is 38.7. The number of nitrogen functional groups attached to an aromatic ring is 3. The van der Waals surface area contributed by atoms with E-state index < -0.39 is 0 Å². The Kier molecular flexibility index (Phi) is 19.6. The molecular formula is C41H58N20O6. The fourth-order valence-corrected chi connectivity index (χ4v) is 5.50. The number of nitrogens with two attached hydrogens (primary N) is 4. The summed E-state index contributed by atoms with van der Waals surface area (Å²) in [6.45, 7) is 23.2. The van der Waals surface area contributed by atoms with Gasteiger partial charge in [-0.05, 0) is 61.5 Å². The van der Waals surface area contributed by atoms with Crippen LogP contribution in [-0.2, 0) is 32.7 Å². The molecule has 1 aliphatic heterocycles. The Morgan fingerprint density at radius 2 is 1.19 bits per heavy atom. The molecule has 0 radical (unpaired) electrons. The van der Waals surface area contributed by atoms with E-state index in [9.17, 15) is 28.8 Å². The largest absolute Gasteiger partial charge is 0.383 e. The SMILES string of the molecule is C=C1N=C(N)C(C)=CN1CC.CCn1cc(C)c(=O)[nH]c1=O.CCn1ccc(=O)[nH]c1=O.CCn1ccc(N)nc1=O.CCn1cnc2c(=O)[nH]c(N)nc21.CCn1cnc2c(N)ncnc21. The summed E-state index contributed by atoms with van der Waals surface area (Å²) in [6.07, 6.45) is 11.4. The second-order valence-electron chi connectivity index (χ2n) is 13.8. The molecule has 0 atom stereocenters. The average molecular weight is 927 g/mol. The van der Waals surface area contributed by atoms with E-state index in [2.05, 4.69) is 56.4 Å². The van der Waals surface area contributed by atoms with Crippen molar-refractivity contribution in [2.24, 2.45) is 10.7 Å². The lowest BCUT2D eigenvalue weighted by Crippen LogP contribution is -2.30. The van der Waals surface area contributed by atoms with Crippen LogP contribution in [0.4, 0.5) is 17.6 Å². The Balaban J connectivity index is 0.000000214. The number of fused-ring (bicyclic) bond motifs is 2. The van der Waals surface area contributed by atoms with Gasteiger partial charge in [0, 0.05) is 81.3 Å². The molecule has 26 nitrogen and oxygen atoms in total. The summed E-state index contributed by atoms with van der Waals surface area (Å²) in [7, 11) is 0. The molecule has 7 aromatic rings. The molecule has 8 rings (SSSR count). The molecule has 0 bridgehead atoms. The summed E-state index contributed by atoms with van der Waals surface area (Å²) in [5, 5.41) is 0. The van der Waals surface area contributed by atoms with Gasteiger partial charge in [0.1, 0.15) is 29.3 Å². The van der Waals surface area contributed by atoms with Crippen LogP contribution in [0.15, 0.2) is 108 Å². The Morgan fingerprint density at radius 1 is 0.612 bits per heavy atom. The van der Waals surface area contributed by atoms with Crippen molar-refractivity contribution in [3.63, 3.8) is 0 Å². The van der Waals surface area contributed by atoms with E-state index in [1.54, 1.807) is 42.6 Å². The van der Waals surface area contributed by atoms with Crippen LogP contribution in [0.3, 0.4) is 0 Å². The highest BCUT2D eigenvalue weighted by Crippen LogP contribution is 2.14. The van der Waals surface area contributed by atoms with Gasteiger partial charge in [-0.3, -0.25) is 33.9 Å². The monoisotopic (exact) mass is 926 g/mol. The lowest BCUT2D eigenvalue weighted by molar-refractivity contribution is 0.481. The molecule has 358 valence electrons. The van der Waals surface area contributed by atoms with Gasteiger partial charge in [-0.2, -0.15) is 9.97 Å². The molecule has 1 aliphatic rings. The number of nitrogens with zero attached hydrogens (tertiary/aromatic N) is 13. The number of aromatic nitrogens is 14. The van der Waals surface area contributed by atoms with Crippen LogP contribution in [0.5, 0.6) is 0 Å². The molecule has 67 heavy (non-hydrogen) atoms. The Labute approximate surface area is 382 Å². The predicted octanol–water partition coefficient (Wildman–Crippen LogP) is 0.471. The summed E-state index contributed by atoms with van der Waals surface area (Å²) in [5.41, 5.74) is 23.8. The third kappa shape index (κ3) is 14.7. The van der Waals surface area contributed by atoms with Gasteiger partial charge in [0.25, 0.3) is 16.7 Å². The number of hydrogen-bond donors (Lipinski definition) is 7. The zero-order valence-electron chi connectivity index (χ0n) is 38.7. The first-order chi connectivity index (χ1) is 31.8. The number of anilines is 3. The normalized spacial score (nSPS) is 11.5. The number of aliphatic imine (C=N–C) groups is 1. The maximum Gasteiger partial charge on any atom is 0.349 e. The fourth-order valence-electron chi connectivity index (χ4n) is 5.50. The van der Waals surface area contributed by atoms with E-state index in [4.69, 9.17) is 22.9 Å².